The number of sulfonamides is 1. The smallest absolute Gasteiger partial charge is 0.214 e. The summed E-state index contributed by atoms with van der Waals surface area (Å²) in [6, 6.07) is -0.0542. The first kappa shape index (κ1) is 13.9. The van der Waals surface area contributed by atoms with Crippen LogP contribution in [-0.4, -0.2) is 31.9 Å². The molecule has 2 atom stereocenters. The molecule has 0 fully saturated rings. The largest absolute Gasteiger partial charge is 0.395 e. The molecule has 0 saturated carbocycles. The molecule has 0 saturated heterocycles. The summed E-state index contributed by atoms with van der Waals surface area (Å²) < 4.78 is 25.0. The van der Waals surface area contributed by atoms with E-state index in [-0.39, 0.29) is 18.4 Å². The van der Waals surface area contributed by atoms with Crippen molar-refractivity contribution >= 4 is 10.0 Å². The van der Waals surface area contributed by atoms with E-state index in [0.29, 0.717) is 5.92 Å². The summed E-state index contributed by atoms with van der Waals surface area (Å²) in [6.07, 6.45) is 1.88. The zero-order chi connectivity index (χ0) is 11.2. The summed E-state index contributed by atoms with van der Waals surface area (Å²) in [4.78, 5) is 0. The van der Waals surface area contributed by atoms with Crippen LogP contribution in [0.15, 0.2) is 0 Å². The van der Waals surface area contributed by atoms with Crippen molar-refractivity contribution in [1.29, 1.82) is 0 Å². The first-order valence-electron chi connectivity index (χ1n) is 5.02. The molecule has 0 aliphatic heterocycles. The minimum Gasteiger partial charge on any atom is -0.395 e. The molecule has 2 N–H and O–H groups in total. The highest BCUT2D eigenvalue weighted by Gasteiger charge is 2.15. The van der Waals surface area contributed by atoms with E-state index in [4.69, 9.17) is 5.11 Å². The van der Waals surface area contributed by atoms with E-state index >= 15 is 0 Å². The molecule has 5 heteroatoms. The Kier molecular flexibility index (Phi) is 6.31. The normalized spacial score (nSPS) is 16.6. The van der Waals surface area contributed by atoms with Gasteiger partial charge in [0.2, 0.25) is 10.0 Å². The zero-order valence-corrected chi connectivity index (χ0v) is 9.97. The van der Waals surface area contributed by atoms with Crippen molar-refractivity contribution in [3.8, 4) is 0 Å². The Balaban J connectivity index is 3.99. The third-order valence-electron chi connectivity index (χ3n) is 2.19. The fourth-order valence-corrected chi connectivity index (χ4v) is 2.37. The minimum atomic E-state index is -3.28. The molecule has 0 aliphatic carbocycles. The zero-order valence-electron chi connectivity index (χ0n) is 9.16. The number of nitrogens with one attached hydrogen (secondary N) is 1. The highest BCUT2D eigenvalue weighted by atomic mass is 32.2. The van der Waals surface area contributed by atoms with E-state index < -0.39 is 10.0 Å². The maximum atomic E-state index is 11.2. The van der Waals surface area contributed by atoms with Gasteiger partial charge in [0.1, 0.15) is 0 Å². The average molecular weight is 223 g/mol. The van der Waals surface area contributed by atoms with Crippen LogP contribution >= 0.6 is 0 Å². The topological polar surface area (TPSA) is 66.4 Å². The molecular formula is C9H21NO3S. The first-order valence-corrected chi connectivity index (χ1v) is 6.67. The lowest BCUT2D eigenvalue weighted by Crippen LogP contribution is -2.36. The first-order chi connectivity index (χ1) is 6.41. The predicted molar refractivity (Wildman–Crippen MR) is 57.5 cm³/mol. The molecule has 4 nitrogen and oxygen atoms in total. The van der Waals surface area contributed by atoms with Gasteiger partial charge in [0, 0.05) is 6.04 Å². The van der Waals surface area contributed by atoms with Crippen LogP contribution in [0, 0.1) is 5.92 Å². The number of rotatable bonds is 7. The number of aliphatic hydroxyl groups is 1. The molecule has 0 aromatic rings. The van der Waals surface area contributed by atoms with Gasteiger partial charge < -0.3 is 5.11 Å². The second-order valence-electron chi connectivity index (χ2n) is 3.81. The molecule has 0 radical (unpaired) electrons. The van der Waals surface area contributed by atoms with Crippen LogP contribution in [0.4, 0.5) is 0 Å². The number of aliphatic hydroxyl groups excluding tert-OH is 1. The maximum Gasteiger partial charge on any atom is 0.214 e. The lowest BCUT2D eigenvalue weighted by molar-refractivity contribution is 0.318. The van der Waals surface area contributed by atoms with E-state index in [9.17, 15) is 8.42 Å². The highest BCUT2D eigenvalue weighted by molar-refractivity contribution is 7.89. The Bertz CT molecular complexity index is 238. The number of hydrogen-bond acceptors (Lipinski definition) is 3. The lowest BCUT2D eigenvalue weighted by Gasteiger charge is -2.17. The quantitative estimate of drug-likeness (QED) is 0.668. The fraction of sp³-hybridized carbons (Fsp3) is 1.00. The van der Waals surface area contributed by atoms with Crippen molar-refractivity contribution in [3.05, 3.63) is 0 Å². The third kappa shape index (κ3) is 6.34. The minimum absolute atomic E-state index is 0.0542. The second kappa shape index (κ2) is 6.37. The van der Waals surface area contributed by atoms with Crippen LogP contribution in [-0.2, 0) is 10.0 Å². The average Bonchev–Trinajstić information content (AvgIpc) is 2.02. The Labute approximate surface area is 86.8 Å². The van der Waals surface area contributed by atoms with Gasteiger partial charge in [0.25, 0.3) is 0 Å². The van der Waals surface area contributed by atoms with Crippen molar-refractivity contribution in [2.24, 2.45) is 5.92 Å². The number of hydrogen-bond donors (Lipinski definition) is 2. The van der Waals surface area contributed by atoms with Gasteiger partial charge in [0.15, 0.2) is 0 Å². The molecule has 0 aliphatic rings. The van der Waals surface area contributed by atoms with Gasteiger partial charge in [-0.2, -0.15) is 0 Å². The van der Waals surface area contributed by atoms with Gasteiger partial charge in [-0.3, -0.25) is 0 Å². The highest BCUT2D eigenvalue weighted by Crippen LogP contribution is 2.09. The maximum absolute atomic E-state index is 11.2. The lowest BCUT2D eigenvalue weighted by atomic mass is 10.0. The Hall–Kier alpha value is -0.130. The van der Waals surface area contributed by atoms with Crippen molar-refractivity contribution in [2.45, 2.75) is 39.7 Å². The molecular weight excluding hydrogens is 202 g/mol. The van der Waals surface area contributed by atoms with Gasteiger partial charge in [-0.25, -0.2) is 13.1 Å². The summed E-state index contributed by atoms with van der Waals surface area (Å²) in [5.41, 5.74) is 0. The molecule has 2 unspecified atom stereocenters. The van der Waals surface area contributed by atoms with Crippen LogP contribution < -0.4 is 4.72 Å². The van der Waals surface area contributed by atoms with Gasteiger partial charge in [0.05, 0.1) is 12.4 Å². The van der Waals surface area contributed by atoms with Crippen molar-refractivity contribution < 1.29 is 13.5 Å². The molecule has 0 spiro atoms. The van der Waals surface area contributed by atoms with Gasteiger partial charge in [-0.15, -0.1) is 0 Å². The van der Waals surface area contributed by atoms with E-state index in [1.165, 1.54) is 0 Å². The molecule has 0 heterocycles. The van der Waals surface area contributed by atoms with Crippen molar-refractivity contribution in [2.75, 3.05) is 12.4 Å². The van der Waals surface area contributed by atoms with Gasteiger partial charge >= 0.3 is 0 Å². The molecule has 0 aromatic carbocycles. The fourth-order valence-electron chi connectivity index (χ4n) is 1.30. The summed E-state index contributed by atoms with van der Waals surface area (Å²) in [5.74, 6) is 0.305. The van der Waals surface area contributed by atoms with Crippen LogP contribution in [0.5, 0.6) is 0 Å². The van der Waals surface area contributed by atoms with Crippen molar-refractivity contribution in [1.82, 2.24) is 4.72 Å². The standard InChI is InChI=1S/C9H21NO3S/c1-4-8(2)7-9(3)10-14(12,13)6-5-11/h8-11H,4-7H2,1-3H3. The molecule has 0 aromatic heterocycles. The molecule has 86 valence electrons. The third-order valence-corrected chi connectivity index (χ3v) is 3.68. The van der Waals surface area contributed by atoms with E-state index in [0.717, 1.165) is 12.8 Å². The van der Waals surface area contributed by atoms with Crippen LogP contribution in [0.25, 0.3) is 0 Å². The molecule has 0 rings (SSSR count). The van der Waals surface area contributed by atoms with Crippen LogP contribution in [0.1, 0.15) is 33.6 Å². The SMILES string of the molecule is CCC(C)CC(C)NS(=O)(=O)CCO. The summed E-state index contributed by atoms with van der Waals surface area (Å²) in [5, 5.41) is 8.52. The Morgan fingerprint density at radius 2 is 1.93 bits per heavy atom. The van der Waals surface area contributed by atoms with Gasteiger partial charge in [-0.05, 0) is 19.3 Å². The monoisotopic (exact) mass is 223 g/mol. The predicted octanol–water partition coefficient (Wildman–Crippen LogP) is 0.723. The van der Waals surface area contributed by atoms with E-state index in [1.54, 1.807) is 0 Å². The molecule has 0 amide bonds. The van der Waals surface area contributed by atoms with E-state index in [2.05, 4.69) is 18.6 Å². The van der Waals surface area contributed by atoms with Crippen LogP contribution in [0.3, 0.4) is 0 Å². The van der Waals surface area contributed by atoms with E-state index in [1.807, 2.05) is 6.92 Å². The summed E-state index contributed by atoms with van der Waals surface area (Å²) in [6.45, 7) is 5.70. The van der Waals surface area contributed by atoms with Crippen LogP contribution in [0.2, 0.25) is 0 Å². The molecule has 14 heavy (non-hydrogen) atoms. The Morgan fingerprint density at radius 3 is 2.36 bits per heavy atom. The summed E-state index contributed by atoms with van der Waals surface area (Å²) in [7, 11) is -3.28. The Morgan fingerprint density at radius 1 is 1.36 bits per heavy atom. The second-order valence-corrected chi connectivity index (χ2v) is 5.68. The molecule has 0 bridgehead atoms. The van der Waals surface area contributed by atoms with Crippen molar-refractivity contribution in [3.63, 3.8) is 0 Å². The summed E-state index contributed by atoms with van der Waals surface area (Å²) >= 11 is 0. The van der Waals surface area contributed by atoms with Gasteiger partial charge in [-0.1, -0.05) is 20.3 Å².